The van der Waals surface area contributed by atoms with E-state index >= 15 is 0 Å². The van der Waals surface area contributed by atoms with Gasteiger partial charge in [-0.25, -0.2) is 0 Å². The predicted molar refractivity (Wildman–Crippen MR) is 71.0 cm³/mol. The van der Waals surface area contributed by atoms with Crippen LogP contribution in [-0.2, 0) is 5.66 Å². The minimum absolute atomic E-state index is 0.0384. The van der Waals surface area contributed by atoms with Crippen molar-refractivity contribution in [2.45, 2.75) is 24.4 Å². The summed E-state index contributed by atoms with van der Waals surface area (Å²) >= 11 is 0. The van der Waals surface area contributed by atoms with Crippen LogP contribution in [0.2, 0.25) is 0 Å². The number of rotatable bonds is 5. The van der Waals surface area contributed by atoms with Gasteiger partial charge in [0.25, 0.3) is 5.91 Å². The SMILES string of the molecule is CC(O)(CN)CNC(=O)c1ccc(C2(C(F)(F)F)N=N2)cc1. The molecule has 0 spiro atoms. The standard InChI is InChI=1S/C13H15F3N4O2/c1-11(22,6-17)7-18-10(21)8-2-4-9(5-3-8)12(19-20-12)13(14,15)16/h2-5,22H,6-7,17H2,1H3,(H,18,21). The Morgan fingerprint density at radius 2 is 1.86 bits per heavy atom. The number of nitrogens with zero attached hydrogens (tertiary/aromatic N) is 2. The molecule has 1 heterocycles. The number of carbonyl (C=O) groups is 1. The molecule has 1 unspecified atom stereocenters. The largest absolute Gasteiger partial charge is 0.442 e. The lowest BCUT2D eigenvalue weighted by atomic mass is 10.0. The lowest BCUT2D eigenvalue weighted by Crippen LogP contribution is -2.45. The third-order valence-corrected chi connectivity index (χ3v) is 3.31. The molecule has 22 heavy (non-hydrogen) atoms. The molecule has 0 fully saturated rings. The van der Waals surface area contributed by atoms with E-state index in [1.54, 1.807) is 0 Å². The molecule has 1 aliphatic rings. The van der Waals surface area contributed by atoms with Crippen LogP contribution in [0.4, 0.5) is 13.2 Å². The van der Waals surface area contributed by atoms with Crippen LogP contribution in [-0.4, -0.2) is 35.9 Å². The van der Waals surface area contributed by atoms with Crippen LogP contribution in [0.5, 0.6) is 0 Å². The normalized spacial score (nSPS) is 18.6. The van der Waals surface area contributed by atoms with Gasteiger partial charge < -0.3 is 16.2 Å². The van der Waals surface area contributed by atoms with Gasteiger partial charge in [0.2, 0.25) is 0 Å². The molecule has 0 bridgehead atoms. The maximum absolute atomic E-state index is 12.8. The predicted octanol–water partition coefficient (Wildman–Crippen LogP) is 1.31. The van der Waals surface area contributed by atoms with E-state index in [2.05, 4.69) is 15.5 Å². The van der Waals surface area contributed by atoms with E-state index in [0.29, 0.717) is 0 Å². The van der Waals surface area contributed by atoms with E-state index in [1.807, 2.05) is 0 Å². The van der Waals surface area contributed by atoms with Gasteiger partial charge in [0.15, 0.2) is 0 Å². The Balaban J connectivity index is 2.05. The van der Waals surface area contributed by atoms with Gasteiger partial charge in [0.1, 0.15) is 0 Å². The summed E-state index contributed by atoms with van der Waals surface area (Å²) in [5.41, 5.74) is 1.59. The average Bonchev–Trinajstić information content (AvgIpc) is 3.26. The molecule has 0 saturated carbocycles. The highest BCUT2D eigenvalue weighted by Gasteiger charge is 2.65. The summed E-state index contributed by atoms with van der Waals surface area (Å²) in [6.45, 7) is 1.35. The molecule has 4 N–H and O–H groups in total. The highest BCUT2D eigenvalue weighted by Crippen LogP contribution is 2.52. The summed E-state index contributed by atoms with van der Waals surface area (Å²) in [7, 11) is 0. The molecule has 0 saturated heterocycles. The number of hydrogen-bond donors (Lipinski definition) is 3. The number of carbonyl (C=O) groups excluding carboxylic acids is 1. The molecule has 1 aromatic carbocycles. The highest BCUT2D eigenvalue weighted by molar-refractivity contribution is 5.94. The first-order valence-electron chi connectivity index (χ1n) is 6.43. The van der Waals surface area contributed by atoms with E-state index in [4.69, 9.17) is 5.73 Å². The van der Waals surface area contributed by atoms with Crippen LogP contribution in [0.1, 0.15) is 22.8 Å². The number of alkyl halides is 3. The van der Waals surface area contributed by atoms with Crippen molar-refractivity contribution in [3.8, 4) is 0 Å². The maximum atomic E-state index is 12.8. The number of halogens is 3. The molecule has 0 radical (unpaired) electrons. The van der Waals surface area contributed by atoms with Crippen molar-refractivity contribution in [2.24, 2.45) is 16.0 Å². The Labute approximate surface area is 124 Å². The van der Waals surface area contributed by atoms with E-state index in [9.17, 15) is 23.1 Å². The second kappa shape index (κ2) is 5.33. The van der Waals surface area contributed by atoms with E-state index in [1.165, 1.54) is 19.1 Å². The summed E-state index contributed by atoms with van der Waals surface area (Å²) in [6.07, 6.45) is -4.60. The average molecular weight is 316 g/mol. The second-order valence-corrected chi connectivity index (χ2v) is 5.33. The summed E-state index contributed by atoms with van der Waals surface area (Å²) in [4.78, 5) is 11.8. The lowest BCUT2D eigenvalue weighted by Gasteiger charge is -2.21. The minimum Gasteiger partial charge on any atom is -0.387 e. The first kappa shape index (κ1) is 16.4. The van der Waals surface area contributed by atoms with Gasteiger partial charge in [0, 0.05) is 24.2 Å². The summed E-state index contributed by atoms with van der Waals surface area (Å²) in [5, 5.41) is 18.3. The van der Waals surface area contributed by atoms with Crippen molar-refractivity contribution < 1.29 is 23.1 Å². The van der Waals surface area contributed by atoms with Gasteiger partial charge in [-0.15, -0.1) is 10.2 Å². The molecule has 9 heteroatoms. The number of amides is 1. The van der Waals surface area contributed by atoms with Crippen molar-refractivity contribution in [3.05, 3.63) is 35.4 Å². The van der Waals surface area contributed by atoms with Crippen molar-refractivity contribution >= 4 is 5.91 Å². The number of nitrogens with one attached hydrogen (secondary N) is 1. The van der Waals surface area contributed by atoms with Crippen LogP contribution >= 0.6 is 0 Å². The molecular weight excluding hydrogens is 301 g/mol. The smallest absolute Gasteiger partial charge is 0.387 e. The molecule has 1 amide bonds. The quantitative estimate of drug-likeness (QED) is 0.763. The molecule has 0 aliphatic carbocycles. The maximum Gasteiger partial charge on any atom is 0.442 e. The molecule has 1 aromatic rings. The fourth-order valence-electron chi connectivity index (χ4n) is 1.74. The number of benzene rings is 1. The van der Waals surface area contributed by atoms with Crippen LogP contribution in [0, 0.1) is 0 Å². The molecule has 120 valence electrons. The fourth-order valence-corrected chi connectivity index (χ4v) is 1.74. The second-order valence-electron chi connectivity index (χ2n) is 5.33. The van der Waals surface area contributed by atoms with Crippen molar-refractivity contribution in [3.63, 3.8) is 0 Å². The van der Waals surface area contributed by atoms with E-state index in [0.717, 1.165) is 12.1 Å². The van der Waals surface area contributed by atoms with Crippen LogP contribution in [0.25, 0.3) is 0 Å². The summed E-state index contributed by atoms with van der Waals surface area (Å²) in [6, 6.07) is 4.81. The Morgan fingerprint density at radius 1 is 1.32 bits per heavy atom. The number of hydrogen-bond acceptors (Lipinski definition) is 5. The molecule has 1 atom stereocenters. The van der Waals surface area contributed by atoms with Crippen molar-refractivity contribution in [1.29, 1.82) is 0 Å². The summed E-state index contributed by atoms with van der Waals surface area (Å²) < 4.78 is 38.5. The van der Waals surface area contributed by atoms with Gasteiger partial charge in [0.05, 0.1) is 5.60 Å². The molecule has 2 rings (SSSR count). The van der Waals surface area contributed by atoms with Crippen molar-refractivity contribution in [2.75, 3.05) is 13.1 Å². The van der Waals surface area contributed by atoms with Crippen LogP contribution in [0.15, 0.2) is 34.5 Å². The molecule has 6 nitrogen and oxygen atoms in total. The van der Waals surface area contributed by atoms with Crippen LogP contribution < -0.4 is 11.1 Å². The van der Waals surface area contributed by atoms with Gasteiger partial charge >= 0.3 is 11.8 Å². The van der Waals surface area contributed by atoms with E-state index < -0.39 is 23.3 Å². The lowest BCUT2D eigenvalue weighted by molar-refractivity contribution is -0.166. The monoisotopic (exact) mass is 316 g/mol. The molecular formula is C13H15F3N4O2. The van der Waals surface area contributed by atoms with Gasteiger partial charge in [-0.05, 0) is 19.1 Å². The zero-order chi connectivity index (χ0) is 16.6. The van der Waals surface area contributed by atoms with E-state index in [-0.39, 0.29) is 24.2 Å². The third-order valence-electron chi connectivity index (χ3n) is 3.31. The van der Waals surface area contributed by atoms with Gasteiger partial charge in [-0.1, -0.05) is 12.1 Å². The highest BCUT2D eigenvalue weighted by atomic mass is 19.4. The molecule has 1 aliphatic heterocycles. The Hall–Kier alpha value is -2.00. The Bertz CT molecular complexity index is 590. The van der Waals surface area contributed by atoms with Gasteiger partial charge in [-0.3, -0.25) is 4.79 Å². The number of nitrogens with two attached hydrogens (primary N) is 1. The first-order valence-corrected chi connectivity index (χ1v) is 6.43. The zero-order valence-electron chi connectivity index (χ0n) is 11.7. The topological polar surface area (TPSA) is 100 Å². The molecule has 0 aromatic heterocycles. The minimum atomic E-state index is -4.60. The number of aliphatic hydroxyl groups is 1. The Kier molecular flexibility index (Phi) is 3.96. The van der Waals surface area contributed by atoms with Crippen LogP contribution in [0.3, 0.4) is 0 Å². The zero-order valence-corrected chi connectivity index (χ0v) is 11.7. The summed E-state index contributed by atoms with van der Waals surface area (Å²) in [5.74, 6) is -0.522. The van der Waals surface area contributed by atoms with Gasteiger partial charge in [-0.2, -0.15) is 13.2 Å². The first-order chi connectivity index (χ1) is 10.1. The fraction of sp³-hybridized carbons (Fsp3) is 0.462. The third kappa shape index (κ3) is 3.09. The van der Waals surface area contributed by atoms with Crippen molar-refractivity contribution in [1.82, 2.24) is 5.32 Å². The Morgan fingerprint density at radius 3 is 2.27 bits per heavy atom.